The van der Waals surface area contributed by atoms with Gasteiger partial charge in [0.15, 0.2) is 11.5 Å². The van der Waals surface area contributed by atoms with E-state index in [0.29, 0.717) is 22.2 Å². The van der Waals surface area contributed by atoms with E-state index in [1.54, 1.807) is 42.5 Å². The van der Waals surface area contributed by atoms with E-state index in [-0.39, 0.29) is 29.8 Å². The Balaban J connectivity index is 1.68. The number of carbonyl (C=O) groups is 2. The third-order valence-corrected chi connectivity index (χ3v) is 4.39. The van der Waals surface area contributed by atoms with Crippen molar-refractivity contribution < 1.29 is 23.5 Å². The van der Waals surface area contributed by atoms with Crippen molar-refractivity contribution in [3.8, 4) is 0 Å². The molecule has 146 valence electrons. The number of hydrogen-bond donors (Lipinski definition) is 2. The Kier molecular flexibility index (Phi) is 4.47. The molecule has 0 aliphatic heterocycles. The molecule has 0 fully saturated rings. The van der Waals surface area contributed by atoms with Gasteiger partial charge in [-0.3, -0.25) is 4.79 Å². The molecular formula is C20H15N3O6. The summed E-state index contributed by atoms with van der Waals surface area (Å²) < 4.78 is 9.64. The van der Waals surface area contributed by atoms with Crippen LogP contribution in [-0.4, -0.2) is 27.0 Å². The average molecular weight is 393 g/mol. The van der Waals surface area contributed by atoms with Gasteiger partial charge in [0.25, 0.3) is 0 Å². The normalized spacial score (nSPS) is 10.9. The Hall–Kier alpha value is -4.14. The number of fused-ring (bicyclic) bond motifs is 1. The Bertz CT molecular complexity index is 1270. The Morgan fingerprint density at radius 2 is 1.86 bits per heavy atom. The Labute approximate surface area is 163 Å². The first kappa shape index (κ1) is 18.2. The molecule has 0 radical (unpaired) electrons. The SMILES string of the molecule is Cc1oc(=O)oc1CN(C(=O)O)c1nc2ccc(C(=O)c3ccccc3)cc2[nH]1. The summed E-state index contributed by atoms with van der Waals surface area (Å²) in [4.78, 5) is 43.6. The fraction of sp³-hybridized carbons (Fsp3) is 0.100. The third-order valence-electron chi connectivity index (χ3n) is 4.39. The number of amides is 1. The lowest BCUT2D eigenvalue weighted by Gasteiger charge is -2.14. The molecule has 0 aliphatic rings. The maximum Gasteiger partial charge on any atom is 0.519 e. The molecule has 9 nitrogen and oxygen atoms in total. The van der Waals surface area contributed by atoms with Gasteiger partial charge >= 0.3 is 11.9 Å². The molecule has 2 aromatic heterocycles. The summed E-state index contributed by atoms with van der Waals surface area (Å²) in [5.41, 5.74) is 1.97. The summed E-state index contributed by atoms with van der Waals surface area (Å²) in [5, 5.41) is 9.56. The van der Waals surface area contributed by atoms with E-state index in [0.717, 1.165) is 4.90 Å². The summed E-state index contributed by atoms with van der Waals surface area (Å²) in [6.07, 6.45) is -1.30. The highest BCUT2D eigenvalue weighted by Crippen LogP contribution is 2.22. The molecule has 0 bridgehead atoms. The molecule has 2 heterocycles. The van der Waals surface area contributed by atoms with E-state index in [4.69, 9.17) is 8.83 Å². The second kappa shape index (κ2) is 7.12. The minimum absolute atomic E-state index is 0.0278. The van der Waals surface area contributed by atoms with E-state index in [1.165, 1.54) is 6.92 Å². The molecule has 29 heavy (non-hydrogen) atoms. The Morgan fingerprint density at radius 3 is 2.52 bits per heavy atom. The number of H-pyrrole nitrogens is 1. The van der Waals surface area contributed by atoms with Gasteiger partial charge in [0.2, 0.25) is 5.95 Å². The first-order valence-corrected chi connectivity index (χ1v) is 8.62. The maximum absolute atomic E-state index is 12.6. The number of carboxylic acid groups (broad SMARTS) is 1. The molecule has 1 amide bonds. The van der Waals surface area contributed by atoms with Crippen LogP contribution in [-0.2, 0) is 6.54 Å². The Morgan fingerprint density at radius 1 is 1.10 bits per heavy atom. The second-order valence-electron chi connectivity index (χ2n) is 6.29. The van der Waals surface area contributed by atoms with Crippen molar-refractivity contribution in [1.82, 2.24) is 9.97 Å². The van der Waals surface area contributed by atoms with Crippen LogP contribution in [0.1, 0.15) is 27.4 Å². The van der Waals surface area contributed by atoms with Crippen LogP contribution < -0.4 is 10.7 Å². The highest BCUT2D eigenvalue weighted by molar-refractivity contribution is 6.10. The number of aromatic amines is 1. The van der Waals surface area contributed by atoms with E-state index in [2.05, 4.69) is 9.97 Å². The van der Waals surface area contributed by atoms with Crippen molar-refractivity contribution >= 4 is 28.9 Å². The van der Waals surface area contributed by atoms with Crippen LogP contribution in [0.4, 0.5) is 10.7 Å². The molecule has 2 aromatic carbocycles. The lowest BCUT2D eigenvalue weighted by molar-refractivity contribution is 0.103. The summed E-state index contributed by atoms with van der Waals surface area (Å²) in [6.45, 7) is 1.24. The average Bonchev–Trinajstić information content (AvgIpc) is 3.27. The van der Waals surface area contributed by atoms with Gasteiger partial charge in [-0.05, 0) is 25.1 Å². The zero-order valence-corrected chi connectivity index (χ0v) is 15.2. The first-order valence-electron chi connectivity index (χ1n) is 8.62. The summed E-state index contributed by atoms with van der Waals surface area (Å²) in [6, 6.07) is 13.7. The molecular weight excluding hydrogens is 378 g/mol. The number of anilines is 1. The van der Waals surface area contributed by atoms with Gasteiger partial charge in [0.05, 0.1) is 17.6 Å². The number of aryl methyl sites for hydroxylation is 1. The molecule has 9 heteroatoms. The van der Waals surface area contributed by atoms with Gasteiger partial charge < -0.3 is 18.9 Å². The third kappa shape index (κ3) is 3.53. The van der Waals surface area contributed by atoms with Crippen LogP contribution in [0.5, 0.6) is 0 Å². The molecule has 0 saturated heterocycles. The van der Waals surface area contributed by atoms with Crippen LogP contribution in [0.3, 0.4) is 0 Å². The number of imidazole rings is 1. The highest BCUT2D eigenvalue weighted by Gasteiger charge is 2.23. The van der Waals surface area contributed by atoms with Gasteiger partial charge in [-0.15, -0.1) is 0 Å². The molecule has 0 saturated carbocycles. The molecule has 0 unspecified atom stereocenters. The van der Waals surface area contributed by atoms with Crippen LogP contribution in [0.2, 0.25) is 0 Å². The summed E-state index contributed by atoms with van der Waals surface area (Å²) in [7, 11) is 0. The van der Waals surface area contributed by atoms with Crippen LogP contribution in [0.15, 0.2) is 62.2 Å². The largest absolute Gasteiger partial charge is 0.519 e. The molecule has 0 aliphatic carbocycles. The fourth-order valence-electron chi connectivity index (χ4n) is 2.92. The quantitative estimate of drug-likeness (QED) is 0.497. The minimum atomic E-state index is -1.30. The topological polar surface area (TPSA) is 130 Å². The van der Waals surface area contributed by atoms with Crippen LogP contribution >= 0.6 is 0 Å². The zero-order chi connectivity index (χ0) is 20.5. The number of carbonyl (C=O) groups excluding carboxylic acids is 1. The number of benzene rings is 2. The molecule has 4 aromatic rings. The summed E-state index contributed by atoms with van der Waals surface area (Å²) >= 11 is 0. The number of aromatic nitrogens is 2. The van der Waals surface area contributed by atoms with Crippen molar-refractivity contribution in [2.75, 3.05) is 4.90 Å². The molecule has 0 spiro atoms. The number of nitrogens with zero attached hydrogens (tertiary/aromatic N) is 2. The highest BCUT2D eigenvalue weighted by atomic mass is 16.6. The van der Waals surface area contributed by atoms with Crippen molar-refractivity contribution in [1.29, 1.82) is 0 Å². The standard InChI is InChI=1S/C20H15N3O6/c1-11-16(29-20(27)28-11)10-23(19(25)26)18-21-14-8-7-13(9-15(14)22-18)17(24)12-5-3-2-4-6-12/h2-9H,10H2,1H3,(H,21,22)(H,25,26). The lowest BCUT2D eigenvalue weighted by Crippen LogP contribution is -2.29. The van der Waals surface area contributed by atoms with E-state index in [9.17, 15) is 19.5 Å². The predicted molar refractivity (Wildman–Crippen MR) is 102 cm³/mol. The van der Waals surface area contributed by atoms with Crippen molar-refractivity contribution in [3.05, 3.63) is 81.8 Å². The molecule has 4 rings (SSSR count). The van der Waals surface area contributed by atoms with Gasteiger partial charge in [-0.2, -0.15) is 0 Å². The van der Waals surface area contributed by atoms with E-state index in [1.807, 2.05) is 6.07 Å². The number of rotatable bonds is 5. The monoisotopic (exact) mass is 393 g/mol. The van der Waals surface area contributed by atoms with Crippen LogP contribution in [0.25, 0.3) is 11.0 Å². The van der Waals surface area contributed by atoms with Gasteiger partial charge in [-0.25, -0.2) is 19.5 Å². The number of hydrogen-bond acceptors (Lipinski definition) is 6. The first-order chi connectivity index (χ1) is 13.9. The second-order valence-corrected chi connectivity index (χ2v) is 6.29. The number of nitrogens with one attached hydrogen (secondary N) is 1. The summed E-state index contributed by atoms with van der Waals surface area (Å²) in [5.74, 6) is -0.767. The fourth-order valence-corrected chi connectivity index (χ4v) is 2.92. The predicted octanol–water partition coefficient (Wildman–Crippen LogP) is 3.33. The van der Waals surface area contributed by atoms with Crippen molar-refractivity contribution in [2.45, 2.75) is 13.5 Å². The lowest BCUT2D eigenvalue weighted by atomic mass is 10.0. The minimum Gasteiger partial charge on any atom is -0.465 e. The van der Waals surface area contributed by atoms with E-state index >= 15 is 0 Å². The maximum atomic E-state index is 12.6. The van der Waals surface area contributed by atoms with Crippen molar-refractivity contribution in [3.63, 3.8) is 0 Å². The van der Waals surface area contributed by atoms with E-state index < -0.39 is 11.9 Å². The van der Waals surface area contributed by atoms with Gasteiger partial charge in [0.1, 0.15) is 5.76 Å². The smallest absolute Gasteiger partial charge is 0.465 e. The number of ketones is 1. The van der Waals surface area contributed by atoms with Gasteiger partial charge in [-0.1, -0.05) is 30.3 Å². The van der Waals surface area contributed by atoms with Gasteiger partial charge in [0, 0.05) is 11.1 Å². The molecule has 0 atom stereocenters. The van der Waals surface area contributed by atoms with Crippen molar-refractivity contribution in [2.24, 2.45) is 0 Å². The zero-order valence-electron chi connectivity index (χ0n) is 15.2. The van der Waals surface area contributed by atoms with Crippen LogP contribution in [0, 0.1) is 6.92 Å². The molecule has 2 N–H and O–H groups in total.